The number of aliphatic hydroxyl groups excluding tert-OH is 1. The van der Waals surface area contributed by atoms with Gasteiger partial charge >= 0.3 is 0 Å². The van der Waals surface area contributed by atoms with Gasteiger partial charge in [-0.3, -0.25) is 0 Å². The van der Waals surface area contributed by atoms with Crippen molar-refractivity contribution >= 4 is 22.9 Å². The molecule has 0 saturated carbocycles. The van der Waals surface area contributed by atoms with Gasteiger partial charge in [-0.2, -0.15) is 0 Å². The third kappa shape index (κ3) is 2.64. The molecule has 0 saturated heterocycles. The Labute approximate surface area is 126 Å². The van der Waals surface area contributed by atoms with Crippen molar-refractivity contribution in [1.29, 1.82) is 0 Å². The van der Waals surface area contributed by atoms with E-state index in [4.69, 9.17) is 21.1 Å². The Morgan fingerprint density at radius 3 is 2.70 bits per heavy atom. The number of thiophene rings is 1. The van der Waals surface area contributed by atoms with Crippen LogP contribution in [0.5, 0.6) is 11.5 Å². The molecule has 2 heterocycles. The van der Waals surface area contributed by atoms with E-state index in [2.05, 4.69) is 6.92 Å². The predicted octanol–water partition coefficient (Wildman–Crippen LogP) is 3.89. The molecule has 0 aliphatic carbocycles. The summed E-state index contributed by atoms with van der Waals surface area (Å²) >= 11 is 7.51. The normalized spacial score (nSPS) is 19.4. The van der Waals surface area contributed by atoms with Crippen molar-refractivity contribution in [2.24, 2.45) is 5.92 Å². The number of halogens is 1. The minimum atomic E-state index is -0.739. The molecule has 1 aromatic carbocycles. The number of rotatable bonds is 2. The maximum absolute atomic E-state index is 10.4. The average Bonchev–Trinajstić information content (AvgIpc) is 2.79. The molecule has 0 spiro atoms. The summed E-state index contributed by atoms with van der Waals surface area (Å²) in [5.41, 5.74) is 0.756. The summed E-state index contributed by atoms with van der Waals surface area (Å²) in [4.78, 5) is 0.745. The highest BCUT2D eigenvalue weighted by atomic mass is 35.5. The second kappa shape index (κ2) is 5.64. The van der Waals surface area contributed by atoms with Crippen LogP contribution in [-0.2, 0) is 0 Å². The Kier molecular flexibility index (Phi) is 3.87. The molecule has 1 aliphatic rings. The first kappa shape index (κ1) is 13.7. The zero-order valence-corrected chi connectivity index (χ0v) is 12.6. The third-order valence-electron chi connectivity index (χ3n) is 3.22. The second-order valence-electron chi connectivity index (χ2n) is 4.97. The molecule has 3 rings (SSSR count). The van der Waals surface area contributed by atoms with Crippen LogP contribution in [0.15, 0.2) is 29.6 Å². The molecule has 1 aromatic heterocycles. The first-order valence-corrected chi connectivity index (χ1v) is 7.71. The summed E-state index contributed by atoms with van der Waals surface area (Å²) in [6, 6.07) is 7.30. The molecule has 5 heteroatoms. The monoisotopic (exact) mass is 310 g/mol. The van der Waals surface area contributed by atoms with Crippen LogP contribution >= 0.6 is 22.9 Å². The minimum Gasteiger partial charge on any atom is -0.489 e. The second-order valence-corrected chi connectivity index (χ2v) is 6.32. The summed E-state index contributed by atoms with van der Waals surface area (Å²) in [7, 11) is 0. The highest BCUT2D eigenvalue weighted by molar-refractivity contribution is 7.10. The van der Waals surface area contributed by atoms with Crippen molar-refractivity contribution in [1.82, 2.24) is 0 Å². The molecular weight excluding hydrogens is 296 g/mol. The molecule has 1 aliphatic heterocycles. The number of hydrogen-bond acceptors (Lipinski definition) is 4. The van der Waals surface area contributed by atoms with E-state index < -0.39 is 6.10 Å². The predicted molar refractivity (Wildman–Crippen MR) is 80.0 cm³/mol. The van der Waals surface area contributed by atoms with Gasteiger partial charge < -0.3 is 14.6 Å². The van der Waals surface area contributed by atoms with Gasteiger partial charge in [0.25, 0.3) is 0 Å². The van der Waals surface area contributed by atoms with E-state index in [0.29, 0.717) is 29.9 Å². The molecule has 2 unspecified atom stereocenters. The van der Waals surface area contributed by atoms with E-state index in [9.17, 15) is 5.11 Å². The fourth-order valence-corrected chi connectivity index (χ4v) is 3.26. The zero-order valence-electron chi connectivity index (χ0n) is 11.0. The Morgan fingerprint density at radius 1 is 1.25 bits per heavy atom. The molecule has 0 radical (unpaired) electrons. The van der Waals surface area contributed by atoms with E-state index in [1.807, 2.05) is 23.6 Å². The van der Waals surface area contributed by atoms with Crippen LogP contribution < -0.4 is 9.47 Å². The zero-order chi connectivity index (χ0) is 14.1. The number of hydrogen-bond donors (Lipinski definition) is 1. The molecule has 3 nitrogen and oxygen atoms in total. The Bertz CT molecular complexity index is 611. The molecule has 0 bridgehead atoms. The van der Waals surface area contributed by atoms with Gasteiger partial charge in [0.1, 0.15) is 6.10 Å². The number of ether oxygens (including phenoxy) is 2. The fourth-order valence-electron chi connectivity index (χ4n) is 2.09. The first-order valence-electron chi connectivity index (χ1n) is 6.45. The fraction of sp³-hybridized carbons (Fsp3) is 0.333. The van der Waals surface area contributed by atoms with Gasteiger partial charge in [-0.1, -0.05) is 24.6 Å². The largest absolute Gasteiger partial charge is 0.489 e. The summed E-state index contributed by atoms with van der Waals surface area (Å²) in [5, 5.41) is 12.9. The maximum Gasteiger partial charge on any atom is 0.161 e. The lowest BCUT2D eigenvalue weighted by Crippen LogP contribution is -2.12. The third-order valence-corrected chi connectivity index (χ3v) is 4.63. The van der Waals surface area contributed by atoms with Gasteiger partial charge in [-0.15, -0.1) is 11.3 Å². The number of aliphatic hydroxyl groups is 1. The Hall–Kier alpha value is -1.23. The van der Waals surface area contributed by atoms with E-state index in [0.717, 1.165) is 16.2 Å². The molecule has 0 amide bonds. The van der Waals surface area contributed by atoms with Crippen LogP contribution in [0.4, 0.5) is 0 Å². The Balaban J connectivity index is 1.91. The summed E-state index contributed by atoms with van der Waals surface area (Å²) in [6.45, 7) is 3.34. The van der Waals surface area contributed by atoms with Crippen molar-refractivity contribution < 1.29 is 14.6 Å². The van der Waals surface area contributed by atoms with Crippen LogP contribution in [0.1, 0.15) is 23.5 Å². The SMILES string of the molecule is CC1COc2ccc(C(O)c3sccc3Cl)cc2OC1. The molecule has 1 N–H and O–H groups in total. The van der Waals surface area contributed by atoms with E-state index >= 15 is 0 Å². The standard InChI is InChI=1S/C15H15ClO3S/c1-9-7-18-12-3-2-10(6-13(12)19-8-9)14(17)15-11(16)4-5-20-15/h2-6,9,14,17H,7-8H2,1H3. The topological polar surface area (TPSA) is 38.7 Å². The van der Waals surface area contributed by atoms with E-state index in [1.54, 1.807) is 6.07 Å². The van der Waals surface area contributed by atoms with Gasteiger partial charge in [0.05, 0.1) is 23.1 Å². The molecule has 0 fully saturated rings. The van der Waals surface area contributed by atoms with Crippen molar-refractivity contribution in [3.8, 4) is 11.5 Å². The average molecular weight is 311 g/mol. The summed E-state index contributed by atoms with van der Waals surface area (Å²) in [6.07, 6.45) is -0.739. The quantitative estimate of drug-likeness (QED) is 0.914. The van der Waals surface area contributed by atoms with Crippen molar-refractivity contribution in [3.05, 3.63) is 45.1 Å². The molecule has 106 valence electrons. The van der Waals surface area contributed by atoms with Gasteiger partial charge in [0.15, 0.2) is 11.5 Å². The highest BCUT2D eigenvalue weighted by Gasteiger charge is 2.20. The lowest BCUT2D eigenvalue weighted by atomic mass is 10.1. The van der Waals surface area contributed by atoms with Crippen LogP contribution in [0.3, 0.4) is 0 Å². The van der Waals surface area contributed by atoms with Crippen molar-refractivity contribution in [2.45, 2.75) is 13.0 Å². The van der Waals surface area contributed by atoms with E-state index in [-0.39, 0.29) is 0 Å². The van der Waals surface area contributed by atoms with Crippen LogP contribution in [0.25, 0.3) is 0 Å². The molecular formula is C15H15ClO3S. The maximum atomic E-state index is 10.4. The highest BCUT2D eigenvalue weighted by Crippen LogP contribution is 2.37. The van der Waals surface area contributed by atoms with Crippen LogP contribution in [-0.4, -0.2) is 18.3 Å². The minimum absolute atomic E-state index is 0.350. The van der Waals surface area contributed by atoms with Gasteiger partial charge in [0, 0.05) is 5.92 Å². The van der Waals surface area contributed by atoms with E-state index in [1.165, 1.54) is 11.3 Å². The molecule has 2 aromatic rings. The Morgan fingerprint density at radius 2 is 2.00 bits per heavy atom. The van der Waals surface area contributed by atoms with Crippen molar-refractivity contribution in [2.75, 3.05) is 13.2 Å². The number of fused-ring (bicyclic) bond motifs is 1. The van der Waals surface area contributed by atoms with Crippen LogP contribution in [0.2, 0.25) is 5.02 Å². The smallest absolute Gasteiger partial charge is 0.161 e. The summed E-state index contributed by atoms with van der Waals surface area (Å²) < 4.78 is 11.4. The van der Waals surface area contributed by atoms with Crippen molar-refractivity contribution in [3.63, 3.8) is 0 Å². The molecule has 20 heavy (non-hydrogen) atoms. The van der Waals surface area contributed by atoms with Gasteiger partial charge in [0.2, 0.25) is 0 Å². The lowest BCUT2D eigenvalue weighted by molar-refractivity contribution is 0.221. The van der Waals surface area contributed by atoms with Gasteiger partial charge in [-0.25, -0.2) is 0 Å². The first-order chi connectivity index (χ1) is 9.65. The lowest BCUT2D eigenvalue weighted by Gasteiger charge is -2.13. The summed E-state index contributed by atoms with van der Waals surface area (Å²) in [5.74, 6) is 1.75. The van der Waals surface area contributed by atoms with Gasteiger partial charge in [-0.05, 0) is 29.1 Å². The van der Waals surface area contributed by atoms with Crippen LogP contribution in [0, 0.1) is 5.92 Å². The molecule has 2 atom stereocenters. The number of benzene rings is 1.